The molecule has 3 rings (SSSR count). The molecule has 0 aliphatic heterocycles. The minimum Gasteiger partial charge on any atom is -0.405 e. The quantitative estimate of drug-likeness (QED) is 0.507. The summed E-state index contributed by atoms with van der Waals surface area (Å²) >= 11 is 3.13. The van der Waals surface area contributed by atoms with E-state index in [2.05, 4.69) is 51.6 Å². The highest BCUT2D eigenvalue weighted by Gasteiger charge is 2.32. The molecule has 3 N–H and O–H groups in total. The van der Waals surface area contributed by atoms with Gasteiger partial charge in [-0.3, -0.25) is 4.79 Å². The number of rotatable bonds is 7. The Hall–Kier alpha value is -2.63. The Kier molecular flexibility index (Phi) is 7.75. The Morgan fingerprint density at radius 2 is 1.97 bits per heavy atom. The second kappa shape index (κ2) is 10.3. The van der Waals surface area contributed by atoms with E-state index in [9.17, 15) is 18.0 Å². The van der Waals surface area contributed by atoms with Crippen molar-refractivity contribution in [2.24, 2.45) is 5.92 Å². The van der Waals surface area contributed by atoms with E-state index in [0.717, 1.165) is 12.8 Å². The topological polar surface area (TPSA) is 101 Å². The van der Waals surface area contributed by atoms with Crippen molar-refractivity contribution in [3.8, 4) is 5.75 Å². The lowest BCUT2D eigenvalue weighted by atomic mass is 9.85. The predicted octanol–water partition coefficient (Wildman–Crippen LogP) is 4.17. The molecule has 12 heteroatoms. The molecule has 0 saturated heterocycles. The molecular formula is C20H24BrF3N6O2. The van der Waals surface area contributed by atoms with Gasteiger partial charge in [-0.1, -0.05) is 28.4 Å². The van der Waals surface area contributed by atoms with Crippen LogP contribution in [0.1, 0.15) is 37.1 Å². The molecule has 32 heavy (non-hydrogen) atoms. The molecule has 174 valence electrons. The smallest absolute Gasteiger partial charge is 0.405 e. The van der Waals surface area contributed by atoms with E-state index in [1.807, 2.05) is 0 Å². The molecule has 0 unspecified atom stereocenters. The van der Waals surface area contributed by atoms with Crippen LogP contribution in [-0.4, -0.2) is 40.3 Å². The number of nitrogens with one attached hydrogen (secondary N) is 3. The van der Waals surface area contributed by atoms with E-state index in [-0.39, 0.29) is 35.7 Å². The Morgan fingerprint density at radius 3 is 2.69 bits per heavy atom. The van der Waals surface area contributed by atoms with Crippen LogP contribution in [-0.2, 0) is 11.3 Å². The molecule has 1 amide bonds. The lowest BCUT2D eigenvalue weighted by Crippen LogP contribution is -2.37. The molecule has 1 fully saturated rings. The van der Waals surface area contributed by atoms with Crippen molar-refractivity contribution < 1.29 is 22.7 Å². The van der Waals surface area contributed by atoms with E-state index in [1.165, 1.54) is 12.1 Å². The van der Waals surface area contributed by atoms with Gasteiger partial charge in [0.2, 0.25) is 17.8 Å². The van der Waals surface area contributed by atoms with Crippen molar-refractivity contribution in [3.63, 3.8) is 0 Å². The molecule has 1 heterocycles. The van der Waals surface area contributed by atoms with Crippen LogP contribution in [0.5, 0.6) is 5.75 Å². The van der Waals surface area contributed by atoms with Crippen LogP contribution in [0.4, 0.5) is 25.1 Å². The summed E-state index contributed by atoms with van der Waals surface area (Å²) < 4.78 is 42.6. The highest BCUT2D eigenvalue weighted by Crippen LogP contribution is 2.30. The predicted molar refractivity (Wildman–Crippen MR) is 116 cm³/mol. The van der Waals surface area contributed by atoms with Crippen molar-refractivity contribution in [3.05, 3.63) is 34.1 Å². The van der Waals surface area contributed by atoms with Crippen molar-refractivity contribution in [2.45, 2.75) is 51.6 Å². The first-order valence-electron chi connectivity index (χ1n) is 10.1. The van der Waals surface area contributed by atoms with Crippen LogP contribution in [0.15, 0.2) is 22.7 Å². The molecule has 1 saturated carbocycles. The van der Waals surface area contributed by atoms with Gasteiger partial charge < -0.3 is 20.7 Å². The van der Waals surface area contributed by atoms with Crippen molar-refractivity contribution >= 4 is 33.7 Å². The number of anilines is 2. The summed E-state index contributed by atoms with van der Waals surface area (Å²) in [6.45, 7) is 1.70. The first kappa shape index (κ1) is 24.0. The average molecular weight is 517 g/mol. The lowest BCUT2D eigenvalue weighted by Gasteiger charge is -2.29. The zero-order valence-corrected chi connectivity index (χ0v) is 19.2. The number of nitrogens with zero attached hydrogens (tertiary/aromatic N) is 3. The van der Waals surface area contributed by atoms with Gasteiger partial charge in [-0.15, -0.1) is 13.2 Å². The number of carbonyl (C=O) groups excluding carboxylic acids is 1. The minimum absolute atomic E-state index is 0.00260. The zero-order chi connectivity index (χ0) is 23.3. The number of hydrogen-bond donors (Lipinski definition) is 3. The summed E-state index contributed by atoms with van der Waals surface area (Å²) in [5.41, 5.74) is 0.240. The van der Waals surface area contributed by atoms with Crippen LogP contribution in [0.25, 0.3) is 0 Å². The lowest BCUT2D eigenvalue weighted by molar-refractivity contribution is -0.274. The van der Waals surface area contributed by atoms with Crippen LogP contribution in [0.3, 0.4) is 0 Å². The Bertz CT molecular complexity index is 959. The third kappa shape index (κ3) is 6.94. The molecule has 1 aromatic heterocycles. The highest BCUT2D eigenvalue weighted by atomic mass is 79.9. The largest absolute Gasteiger partial charge is 0.573 e. The number of aryl methyl sites for hydroxylation is 1. The first-order chi connectivity index (χ1) is 15.1. The molecule has 2 aromatic rings. The van der Waals surface area contributed by atoms with Gasteiger partial charge in [0.15, 0.2) is 0 Å². The fourth-order valence-electron chi connectivity index (χ4n) is 3.62. The summed E-state index contributed by atoms with van der Waals surface area (Å²) in [7, 11) is 1.72. The van der Waals surface area contributed by atoms with Gasteiger partial charge >= 0.3 is 6.36 Å². The van der Waals surface area contributed by atoms with Gasteiger partial charge in [0.1, 0.15) is 11.6 Å². The van der Waals surface area contributed by atoms with Gasteiger partial charge in [0.05, 0.1) is 0 Å². The minimum atomic E-state index is -4.82. The second-order valence-electron chi connectivity index (χ2n) is 7.50. The SMILES string of the molecule is CNc1nc(C)nc(N[C@@H]2CCC[C@H](C(=O)NCc3ccc(Br)cc3OC(F)(F)F)C2)n1. The van der Waals surface area contributed by atoms with Gasteiger partial charge in [0, 0.05) is 35.6 Å². The van der Waals surface area contributed by atoms with E-state index in [1.54, 1.807) is 20.0 Å². The maximum atomic E-state index is 12.7. The average Bonchev–Trinajstić information content (AvgIpc) is 2.71. The molecule has 1 aliphatic rings. The number of hydrogen-bond acceptors (Lipinski definition) is 7. The number of benzene rings is 1. The number of amides is 1. The molecule has 1 aromatic carbocycles. The van der Waals surface area contributed by atoms with Gasteiger partial charge in [0.25, 0.3) is 0 Å². The Labute approximate surface area is 191 Å². The maximum absolute atomic E-state index is 12.7. The molecule has 0 radical (unpaired) electrons. The van der Waals surface area contributed by atoms with E-state index < -0.39 is 6.36 Å². The van der Waals surface area contributed by atoms with Crippen molar-refractivity contribution in [1.29, 1.82) is 0 Å². The van der Waals surface area contributed by atoms with Gasteiger partial charge in [-0.25, -0.2) is 0 Å². The number of ether oxygens (including phenoxy) is 1. The Balaban J connectivity index is 1.60. The second-order valence-corrected chi connectivity index (χ2v) is 8.42. The molecule has 1 aliphatic carbocycles. The molecule has 0 bridgehead atoms. The summed E-state index contributed by atoms with van der Waals surface area (Å²) in [6.07, 6.45) is -1.85. The van der Waals surface area contributed by atoms with Crippen molar-refractivity contribution in [2.75, 3.05) is 17.7 Å². The molecular weight excluding hydrogens is 493 g/mol. The van der Waals surface area contributed by atoms with Crippen LogP contribution >= 0.6 is 15.9 Å². The fourth-order valence-corrected chi connectivity index (χ4v) is 3.96. The molecule has 8 nitrogen and oxygen atoms in total. The summed E-state index contributed by atoms with van der Waals surface area (Å²) in [5.74, 6) is 0.646. The maximum Gasteiger partial charge on any atom is 0.573 e. The monoisotopic (exact) mass is 516 g/mol. The molecule has 2 atom stereocenters. The normalized spacial score (nSPS) is 18.7. The number of aromatic nitrogens is 3. The van der Waals surface area contributed by atoms with Crippen LogP contribution < -0.4 is 20.7 Å². The van der Waals surface area contributed by atoms with Crippen LogP contribution in [0.2, 0.25) is 0 Å². The highest BCUT2D eigenvalue weighted by molar-refractivity contribution is 9.10. The number of alkyl halides is 3. The van der Waals surface area contributed by atoms with Gasteiger partial charge in [-0.2, -0.15) is 15.0 Å². The Morgan fingerprint density at radius 1 is 1.22 bits per heavy atom. The van der Waals surface area contributed by atoms with E-state index in [4.69, 9.17) is 0 Å². The van der Waals surface area contributed by atoms with Crippen molar-refractivity contribution in [1.82, 2.24) is 20.3 Å². The molecule has 0 spiro atoms. The number of halogens is 4. The number of carbonyl (C=O) groups is 1. The van der Waals surface area contributed by atoms with E-state index in [0.29, 0.717) is 35.0 Å². The third-order valence-electron chi connectivity index (χ3n) is 5.06. The summed E-state index contributed by atoms with van der Waals surface area (Å²) in [4.78, 5) is 25.4. The summed E-state index contributed by atoms with van der Waals surface area (Å²) in [6, 6.07) is 4.31. The summed E-state index contributed by atoms with van der Waals surface area (Å²) in [5, 5.41) is 8.89. The third-order valence-corrected chi connectivity index (χ3v) is 5.55. The fraction of sp³-hybridized carbons (Fsp3) is 0.500. The van der Waals surface area contributed by atoms with E-state index >= 15 is 0 Å². The standard InChI is InChI=1S/C20H24BrF3N6O2/c1-11-27-18(25-2)30-19(28-11)29-15-5-3-4-12(8-15)17(31)26-10-13-6-7-14(21)9-16(13)32-20(22,23)24/h6-7,9,12,15H,3-5,8,10H2,1-2H3,(H,26,31)(H2,25,27,28,29,30)/t12-,15+/m0/s1. The zero-order valence-electron chi connectivity index (χ0n) is 17.6. The first-order valence-corrected chi connectivity index (χ1v) is 10.9. The van der Waals surface area contributed by atoms with Crippen LogP contribution in [0, 0.1) is 12.8 Å². The van der Waals surface area contributed by atoms with Gasteiger partial charge in [-0.05, 0) is 38.3 Å².